The van der Waals surface area contributed by atoms with Crippen molar-refractivity contribution in [2.24, 2.45) is 0 Å². The zero-order valence-electron chi connectivity index (χ0n) is 24.7. The first kappa shape index (κ1) is 25.8. The Kier molecular flexibility index (Phi) is 6.05. The van der Waals surface area contributed by atoms with E-state index >= 15 is 0 Å². The molecular weight excluding hydrogens is 550 g/mol. The first-order chi connectivity index (χ1) is 22.3. The summed E-state index contributed by atoms with van der Waals surface area (Å²) in [5, 5.41) is 4.58. The predicted octanol–water partition coefficient (Wildman–Crippen LogP) is 10.6. The summed E-state index contributed by atoms with van der Waals surface area (Å²) in [7, 11) is 0. The van der Waals surface area contributed by atoms with Gasteiger partial charge >= 0.3 is 0 Å². The quantitative estimate of drug-likeness (QED) is 0.208. The Balaban J connectivity index is 1.32. The summed E-state index contributed by atoms with van der Waals surface area (Å²) in [6, 6.07) is 34.1. The van der Waals surface area contributed by atoms with Crippen LogP contribution in [0.4, 0.5) is 0 Å². The van der Waals surface area contributed by atoms with Crippen LogP contribution in [0.2, 0.25) is 0 Å². The maximum Gasteiger partial charge on any atom is 0.164 e. The molecule has 0 amide bonds. The molecule has 4 nitrogen and oxygen atoms in total. The van der Waals surface area contributed by atoms with Gasteiger partial charge in [-0.1, -0.05) is 103 Å². The lowest BCUT2D eigenvalue weighted by molar-refractivity contribution is 0.669. The highest BCUT2D eigenvalue weighted by Gasteiger charge is 2.20. The lowest BCUT2D eigenvalue weighted by Gasteiger charge is -2.15. The van der Waals surface area contributed by atoms with Gasteiger partial charge in [0.1, 0.15) is 11.2 Å². The molecule has 0 saturated heterocycles. The highest BCUT2D eigenvalue weighted by Crippen LogP contribution is 2.41. The van der Waals surface area contributed by atoms with Crippen LogP contribution in [0.5, 0.6) is 0 Å². The summed E-state index contributed by atoms with van der Waals surface area (Å²) in [6.07, 6.45) is 15.3. The van der Waals surface area contributed by atoms with Crippen molar-refractivity contribution in [1.29, 1.82) is 0 Å². The number of nitrogens with zero attached hydrogens (tertiary/aromatic N) is 3. The van der Waals surface area contributed by atoms with E-state index < -0.39 is 0 Å². The van der Waals surface area contributed by atoms with E-state index in [2.05, 4.69) is 97.1 Å². The fourth-order valence-electron chi connectivity index (χ4n) is 6.74. The first-order valence-electron chi connectivity index (χ1n) is 15.7. The Morgan fingerprint density at radius 1 is 0.556 bits per heavy atom. The van der Waals surface area contributed by atoms with E-state index in [0.717, 1.165) is 75.4 Å². The maximum atomic E-state index is 6.51. The summed E-state index contributed by atoms with van der Waals surface area (Å²) >= 11 is 0. The number of allylic oxidation sites excluding steroid dienone is 5. The van der Waals surface area contributed by atoms with Crippen LogP contribution in [0.25, 0.3) is 78.3 Å². The van der Waals surface area contributed by atoms with Gasteiger partial charge in [0.2, 0.25) is 0 Å². The molecule has 0 fully saturated rings. The predicted molar refractivity (Wildman–Crippen MR) is 185 cm³/mol. The van der Waals surface area contributed by atoms with Crippen LogP contribution in [-0.2, 0) is 6.42 Å². The van der Waals surface area contributed by atoms with Gasteiger partial charge in [-0.3, -0.25) is 0 Å². The molecule has 2 aromatic heterocycles. The van der Waals surface area contributed by atoms with Crippen molar-refractivity contribution in [3.8, 4) is 33.9 Å². The van der Waals surface area contributed by atoms with Gasteiger partial charge in [-0.2, -0.15) is 0 Å². The van der Waals surface area contributed by atoms with Gasteiger partial charge in [0.25, 0.3) is 0 Å². The van der Waals surface area contributed by atoms with Gasteiger partial charge < -0.3 is 4.42 Å². The van der Waals surface area contributed by atoms with Crippen molar-refractivity contribution in [3.05, 3.63) is 138 Å². The number of furan rings is 1. The Morgan fingerprint density at radius 2 is 1.38 bits per heavy atom. The number of fused-ring (bicyclic) bond motifs is 6. The van der Waals surface area contributed by atoms with Gasteiger partial charge in [0.05, 0.1) is 0 Å². The number of hydrogen-bond acceptors (Lipinski definition) is 4. The van der Waals surface area contributed by atoms with E-state index in [1.807, 2.05) is 30.3 Å². The van der Waals surface area contributed by atoms with Gasteiger partial charge in [-0.05, 0) is 83.0 Å². The van der Waals surface area contributed by atoms with Gasteiger partial charge in [-0.15, -0.1) is 0 Å². The summed E-state index contributed by atoms with van der Waals surface area (Å²) in [5.41, 5.74) is 9.52. The number of aromatic nitrogens is 3. The number of rotatable bonds is 4. The number of hydrogen-bond donors (Lipinski definition) is 0. The average Bonchev–Trinajstić information content (AvgIpc) is 3.50. The van der Waals surface area contributed by atoms with E-state index in [0.29, 0.717) is 17.5 Å². The molecule has 0 aliphatic heterocycles. The molecule has 0 atom stereocenters. The second-order valence-corrected chi connectivity index (χ2v) is 11.8. The van der Waals surface area contributed by atoms with Crippen LogP contribution in [0, 0.1) is 0 Å². The lowest BCUT2D eigenvalue weighted by Crippen LogP contribution is -2.03. The molecule has 7 aromatic rings. The monoisotopic (exact) mass is 579 g/mol. The zero-order chi connectivity index (χ0) is 29.7. The molecule has 2 heterocycles. The van der Waals surface area contributed by atoms with Crippen molar-refractivity contribution >= 4 is 44.4 Å². The third kappa shape index (κ3) is 4.49. The molecule has 45 heavy (non-hydrogen) atoms. The molecule has 0 radical (unpaired) electrons. The number of para-hydroxylation sites is 1. The number of benzene rings is 5. The smallest absolute Gasteiger partial charge is 0.164 e. The molecule has 0 spiro atoms. The molecule has 2 aliphatic rings. The highest BCUT2D eigenvalue weighted by molar-refractivity contribution is 6.13. The summed E-state index contributed by atoms with van der Waals surface area (Å²) in [6.45, 7) is 0. The van der Waals surface area contributed by atoms with Crippen molar-refractivity contribution in [2.45, 2.75) is 25.7 Å². The maximum absolute atomic E-state index is 6.51. The molecule has 5 aromatic carbocycles. The van der Waals surface area contributed by atoms with E-state index in [-0.39, 0.29) is 0 Å². The molecule has 4 heteroatoms. The lowest BCUT2D eigenvalue weighted by atomic mass is 9.90. The second-order valence-electron chi connectivity index (χ2n) is 11.8. The minimum absolute atomic E-state index is 0.637. The molecule has 0 saturated carbocycles. The Hall–Kier alpha value is -5.61. The van der Waals surface area contributed by atoms with Crippen molar-refractivity contribution in [3.63, 3.8) is 0 Å². The SMILES string of the molecule is C1=CC(c2nc(-c3ccccc3)nc(-c3cc(-c4ccc5ccc6c(c5c4)C=CCC6)cc4oc5ccccc5c34)n2)=CCC1. The third-order valence-corrected chi connectivity index (χ3v) is 8.99. The van der Waals surface area contributed by atoms with Crippen molar-refractivity contribution in [1.82, 2.24) is 15.0 Å². The van der Waals surface area contributed by atoms with E-state index in [4.69, 9.17) is 19.4 Å². The van der Waals surface area contributed by atoms with Gasteiger partial charge in [0, 0.05) is 27.5 Å². The van der Waals surface area contributed by atoms with Crippen molar-refractivity contribution < 1.29 is 4.42 Å². The molecule has 2 aliphatic carbocycles. The van der Waals surface area contributed by atoms with Crippen molar-refractivity contribution in [2.75, 3.05) is 0 Å². The Bertz CT molecular complexity index is 2380. The standard InChI is InChI=1S/C41H29N3O/c1-3-12-28(13-4-1)39-42-40(29-14-5-2-6-15-29)44-41(43-39)35-24-31(25-37-38(35)33-17-9-10-18-36(33)45-37)30-22-21-27-20-19-26-11-7-8-16-32(26)34(27)23-30/h1,3-5,8-10,12-25H,2,6-7,11H2. The van der Waals surface area contributed by atoms with E-state index in [9.17, 15) is 0 Å². The largest absolute Gasteiger partial charge is 0.456 e. The molecule has 9 rings (SSSR count). The molecule has 214 valence electrons. The van der Waals surface area contributed by atoms with Gasteiger partial charge in [-0.25, -0.2) is 15.0 Å². The van der Waals surface area contributed by atoms with Crippen LogP contribution >= 0.6 is 0 Å². The van der Waals surface area contributed by atoms with Crippen LogP contribution in [0.15, 0.2) is 126 Å². The molecule has 0 bridgehead atoms. The van der Waals surface area contributed by atoms with E-state index in [1.165, 1.54) is 21.9 Å². The third-order valence-electron chi connectivity index (χ3n) is 8.99. The molecule has 0 N–H and O–H groups in total. The van der Waals surface area contributed by atoms with E-state index in [1.54, 1.807) is 0 Å². The zero-order valence-corrected chi connectivity index (χ0v) is 24.7. The normalized spacial score (nSPS) is 14.3. The molecular formula is C41H29N3O. The van der Waals surface area contributed by atoms with Crippen LogP contribution < -0.4 is 0 Å². The minimum atomic E-state index is 0.637. The summed E-state index contributed by atoms with van der Waals surface area (Å²) in [5.74, 6) is 1.98. The van der Waals surface area contributed by atoms with Crippen LogP contribution in [-0.4, -0.2) is 15.0 Å². The molecule has 0 unspecified atom stereocenters. The second kappa shape index (κ2) is 10.5. The minimum Gasteiger partial charge on any atom is -0.456 e. The van der Waals surface area contributed by atoms with Crippen LogP contribution in [0.3, 0.4) is 0 Å². The summed E-state index contributed by atoms with van der Waals surface area (Å²) < 4.78 is 6.51. The first-order valence-corrected chi connectivity index (χ1v) is 15.7. The average molecular weight is 580 g/mol. The summed E-state index contributed by atoms with van der Waals surface area (Å²) in [4.78, 5) is 15.2. The van der Waals surface area contributed by atoms with Crippen LogP contribution in [0.1, 0.15) is 36.2 Å². The fourth-order valence-corrected chi connectivity index (χ4v) is 6.74. The highest BCUT2D eigenvalue weighted by atomic mass is 16.3. The Labute approximate surface area is 261 Å². The fraction of sp³-hybridized carbons (Fsp3) is 0.0976. The Morgan fingerprint density at radius 3 is 2.29 bits per heavy atom. The topological polar surface area (TPSA) is 51.8 Å². The van der Waals surface area contributed by atoms with Gasteiger partial charge in [0.15, 0.2) is 17.5 Å². The number of aryl methyl sites for hydroxylation is 1.